The van der Waals surface area contributed by atoms with E-state index in [9.17, 15) is 4.79 Å². The van der Waals surface area contributed by atoms with E-state index in [4.69, 9.17) is 9.15 Å². The number of fused-ring (bicyclic) bond motifs is 4. The maximum Gasteiger partial charge on any atom is 0.302 e. The van der Waals surface area contributed by atoms with Crippen molar-refractivity contribution in [2.75, 3.05) is 6.61 Å². The van der Waals surface area contributed by atoms with Crippen LogP contribution in [-0.2, 0) is 16.0 Å². The molecule has 1 aromatic rings. The Kier molecular flexibility index (Phi) is 4.05. The number of hydrogen-bond donors (Lipinski definition) is 0. The number of furan rings is 1. The minimum atomic E-state index is -0.145. The van der Waals surface area contributed by atoms with Crippen LogP contribution >= 0.6 is 0 Å². The number of carbonyl (C=O) groups is 1. The fourth-order valence-electron chi connectivity index (χ4n) is 6.96. The summed E-state index contributed by atoms with van der Waals surface area (Å²) in [5.74, 6) is 3.78. The van der Waals surface area contributed by atoms with E-state index in [0.717, 1.165) is 12.3 Å². The van der Waals surface area contributed by atoms with Crippen molar-refractivity contribution in [1.29, 1.82) is 0 Å². The summed E-state index contributed by atoms with van der Waals surface area (Å²) in [6, 6.07) is 2.19. The maximum atomic E-state index is 11.4. The van der Waals surface area contributed by atoms with E-state index < -0.39 is 0 Å². The zero-order chi connectivity index (χ0) is 17.8. The van der Waals surface area contributed by atoms with Crippen molar-refractivity contribution in [1.82, 2.24) is 0 Å². The largest absolute Gasteiger partial charge is 0.469 e. The summed E-state index contributed by atoms with van der Waals surface area (Å²) in [5.41, 5.74) is 1.90. The molecule has 2 saturated carbocycles. The van der Waals surface area contributed by atoms with Gasteiger partial charge in [-0.25, -0.2) is 0 Å². The lowest BCUT2D eigenvalue weighted by Gasteiger charge is -2.61. The van der Waals surface area contributed by atoms with Gasteiger partial charge in [0.2, 0.25) is 0 Å². The zero-order valence-corrected chi connectivity index (χ0v) is 16.1. The van der Waals surface area contributed by atoms with Crippen molar-refractivity contribution < 1.29 is 13.9 Å². The molecule has 3 aliphatic rings. The third-order valence-electron chi connectivity index (χ3n) is 8.18. The van der Waals surface area contributed by atoms with Crippen LogP contribution in [0.25, 0.3) is 0 Å². The van der Waals surface area contributed by atoms with Crippen LogP contribution < -0.4 is 0 Å². The fraction of sp³-hybridized carbons (Fsp3) is 0.773. The minimum Gasteiger partial charge on any atom is -0.469 e. The van der Waals surface area contributed by atoms with Crippen LogP contribution in [0.4, 0.5) is 0 Å². The van der Waals surface area contributed by atoms with E-state index in [-0.39, 0.29) is 11.4 Å². The molecule has 0 bridgehead atoms. The van der Waals surface area contributed by atoms with Gasteiger partial charge in [0.05, 0.1) is 12.9 Å². The Morgan fingerprint density at radius 1 is 1.32 bits per heavy atom. The maximum absolute atomic E-state index is 11.4. The van der Waals surface area contributed by atoms with E-state index >= 15 is 0 Å². The van der Waals surface area contributed by atoms with Crippen molar-refractivity contribution in [2.24, 2.45) is 28.6 Å². The molecule has 138 valence electrons. The summed E-state index contributed by atoms with van der Waals surface area (Å²) in [6.07, 6.45) is 9.27. The molecule has 6 atom stereocenters. The first-order valence-corrected chi connectivity index (χ1v) is 10.0. The highest BCUT2D eigenvalue weighted by Crippen LogP contribution is 2.64. The number of ether oxygens (including phenoxy) is 1. The fourth-order valence-corrected chi connectivity index (χ4v) is 6.96. The molecule has 0 aliphatic heterocycles. The van der Waals surface area contributed by atoms with Crippen molar-refractivity contribution in [3.05, 3.63) is 23.7 Å². The highest BCUT2D eigenvalue weighted by atomic mass is 16.5. The summed E-state index contributed by atoms with van der Waals surface area (Å²) < 4.78 is 11.4. The molecule has 3 aliphatic carbocycles. The van der Waals surface area contributed by atoms with Gasteiger partial charge in [-0.15, -0.1) is 0 Å². The first-order chi connectivity index (χ1) is 11.8. The average Bonchev–Trinajstić information content (AvgIpc) is 3.03. The Balaban J connectivity index is 1.66. The summed E-state index contributed by atoms with van der Waals surface area (Å²) in [6.45, 7) is 9.41. The highest BCUT2D eigenvalue weighted by molar-refractivity contribution is 5.65. The Bertz CT molecular complexity index is 662. The van der Waals surface area contributed by atoms with E-state index in [0.29, 0.717) is 29.8 Å². The van der Waals surface area contributed by atoms with Crippen molar-refractivity contribution in [2.45, 2.75) is 72.1 Å². The molecule has 0 aromatic carbocycles. The number of carbonyl (C=O) groups excluding carboxylic acids is 1. The summed E-state index contributed by atoms with van der Waals surface area (Å²) >= 11 is 0. The second-order valence-corrected chi connectivity index (χ2v) is 9.49. The van der Waals surface area contributed by atoms with Crippen LogP contribution in [0.3, 0.4) is 0 Å². The SMILES string of the molecule is CC(=O)OC[C@]1(C)CCC[C@]2(C)[C@@H]3Cc4occc4[C@H](C)[C@H]3CC[C@H]12. The van der Waals surface area contributed by atoms with Gasteiger partial charge in [-0.05, 0) is 66.4 Å². The molecule has 3 heteroatoms. The molecule has 0 unspecified atom stereocenters. The Morgan fingerprint density at radius 3 is 2.88 bits per heavy atom. The van der Waals surface area contributed by atoms with Gasteiger partial charge in [0, 0.05) is 18.8 Å². The van der Waals surface area contributed by atoms with Crippen molar-refractivity contribution in [3.63, 3.8) is 0 Å². The lowest BCUT2D eigenvalue weighted by atomic mass is 9.43. The number of rotatable bonds is 2. The third-order valence-corrected chi connectivity index (χ3v) is 8.18. The first-order valence-electron chi connectivity index (χ1n) is 10.0. The van der Waals surface area contributed by atoms with Crippen LogP contribution in [-0.4, -0.2) is 12.6 Å². The second kappa shape index (κ2) is 5.89. The van der Waals surface area contributed by atoms with Crippen LogP contribution in [0.2, 0.25) is 0 Å². The molecule has 4 rings (SSSR count). The third kappa shape index (κ3) is 2.57. The monoisotopic (exact) mass is 344 g/mol. The zero-order valence-electron chi connectivity index (χ0n) is 16.1. The summed E-state index contributed by atoms with van der Waals surface area (Å²) in [7, 11) is 0. The highest BCUT2D eigenvalue weighted by Gasteiger charge is 2.58. The van der Waals surface area contributed by atoms with E-state index in [1.165, 1.54) is 50.4 Å². The molecule has 0 spiro atoms. The van der Waals surface area contributed by atoms with Crippen LogP contribution in [0.5, 0.6) is 0 Å². The lowest BCUT2D eigenvalue weighted by molar-refractivity contribution is -0.159. The summed E-state index contributed by atoms with van der Waals surface area (Å²) in [5, 5.41) is 0. The normalized spacial score (nSPS) is 42.9. The quantitative estimate of drug-likeness (QED) is 0.680. The molecule has 0 radical (unpaired) electrons. The minimum absolute atomic E-state index is 0.121. The lowest BCUT2D eigenvalue weighted by Crippen LogP contribution is -2.55. The van der Waals surface area contributed by atoms with Crippen LogP contribution in [0.15, 0.2) is 16.7 Å². The van der Waals surface area contributed by atoms with Crippen molar-refractivity contribution >= 4 is 5.97 Å². The molecule has 1 aromatic heterocycles. The molecule has 3 nitrogen and oxygen atoms in total. The Hall–Kier alpha value is -1.25. The van der Waals surface area contributed by atoms with Gasteiger partial charge in [0.1, 0.15) is 5.76 Å². The topological polar surface area (TPSA) is 39.4 Å². The van der Waals surface area contributed by atoms with Gasteiger partial charge < -0.3 is 9.15 Å². The van der Waals surface area contributed by atoms with Gasteiger partial charge in [0.25, 0.3) is 0 Å². The van der Waals surface area contributed by atoms with Gasteiger partial charge in [-0.1, -0.05) is 27.2 Å². The van der Waals surface area contributed by atoms with Crippen molar-refractivity contribution in [3.8, 4) is 0 Å². The Labute approximate surface area is 151 Å². The second-order valence-electron chi connectivity index (χ2n) is 9.49. The van der Waals surface area contributed by atoms with Gasteiger partial charge in [0.15, 0.2) is 0 Å². The standard InChI is InChI=1S/C22H32O3/c1-14-16-6-7-20-21(3,13-25-15(2)23)9-5-10-22(20,4)18(16)12-19-17(14)8-11-24-19/h8,11,14,16,18,20H,5-7,9-10,12-13H2,1-4H3/t14-,16-,18-,20-,21+,22-/m1/s1. The van der Waals surface area contributed by atoms with Gasteiger partial charge in [-0.2, -0.15) is 0 Å². The number of hydrogen-bond acceptors (Lipinski definition) is 3. The molecule has 0 saturated heterocycles. The smallest absolute Gasteiger partial charge is 0.302 e. The Morgan fingerprint density at radius 2 is 2.12 bits per heavy atom. The van der Waals surface area contributed by atoms with Gasteiger partial charge in [-0.3, -0.25) is 4.79 Å². The van der Waals surface area contributed by atoms with E-state index in [2.05, 4.69) is 26.8 Å². The molecular formula is C22H32O3. The molecule has 2 fully saturated rings. The molecule has 0 N–H and O–H groups in total. The van der Waals surface area contributed by atoms with Gasteiger partial charge >= 0.3 is 5.97 Å². The van der Waals surface area contributed by atoms with Crippen LogP contribution in [0, 0.1) is 28.6 Å². The molecule has 1 heterocycles. The van der Waals surface area contributed by atoms with E-state index in [1.54, 1.807) is 0 Å². The van der Waals surface area contributed by atoms with Crippen LogP contribution in [0.1, 0.15) is 77.0 Å². The molecule has 25 heavy (non-hydrogen) atoms. The predicted molar refractivity (Wildman–Crippen MR) is 97.2 cm³/mol. The molecule has 0 amide bonds. The number of esters is 1. The molecular weight excluding hydrogens is 312 g/mol. The summed E-state index contributed by atoms with van der Waals surface area (Å²) in [4.78, 5) is 11.4. The van der Waals surface area contributed by atoms with E-state index in [1.807, 2.05) is 6.26 Å². The predicted octanol–water partition coefficient (Wildman–Crippen LogP) is 5.34. The average molecular weight is 344 g/mol. The first kappa shape index (κ1) is 17.2.